The van der Waals surface area contributed by atoms with E-state index >= 15 is 0 Å². The maximum Gasteiger partial charge on any atom is 0.218 e. The van der Waals surface area contributed by atoms with Crippen molar-refractivity contribution in [2.24, 2.45) is 0 Å². The smallest absolute Gasteiger partial charge is 0.218 e. The van der Waals surface area contributed by atoms with Gasteiger partial charge in [0.05, 0.1) is 5.69 Å². The van der Waals surface area contributed by atoms with E-state index in [4.69, 9.17) is 10.5 Å². The molecule has 0 aliphatic carbocycles. The number of benzene rings is 1. The van der Waals surface area contributed by atoms with Gasteiger partial charge in [0, 0.05) is 22.6 Å². The van der Waals surface area contributed by atoms with Crippen molar-refractivity contribution in [1.29, 1.82) is 5.26 Å². The lowest BCUT2D eigenvalue weighted by Crippen LogP contribution is -2.13. The molecule has 1 heterocycles. The number of aryl methyl sites for hydroxylation is 2. The lowest BCUT2D eigenvalue weighted by molar-refractivity contribution is 0.487. The normalized spacial score (nSPS) is 11.2. The number of rotatable bonds is 2. The van der Waals surface area contributed by atoms with Crippen molar-refractivity contribution in [1.82, 2.24) is 4.37 Å². The Balaban J connectivity index is 2.44. The molecule has 21 heavy (non-hydrogen) atoms. The number of aromatic nitrogens is 1. The second-order valence-electron chi connectivity index (χ2n) is 6.13. The van der Waals surface area contributed by atoms with Crippen LogP contribution in [0.15, 0.2) is 12.1 Å². The summed E-state index contributed by atoms with van der Waals surface area (Å²) in [4.78, 5) is 0. The minimum absolute atomic E-state index is 0.185. The van der Waals surface area contributed by atoms with Gasteiger partial charge in [0.1, 0.15) is 17.4 Å². The summed E-state index contributed by atoms with van der Waals surface area (Å²) in [6.45, 7) is 9.96. The van der Waals surface area contributed by atoms with Gasteiger partial charge < -0.3 is 10.5 Å². The second-order valence-corrected chi connectivity index (χ2v) is 6.87. The number of nitrogens with two attached hydrogens (primary N) is 1. The van der Waals surface area contributed by atoms with E-state index < -0.39 is 0 Å². The van der Waals surface area contributed by atoms with Crippen LogP contribution in [0.3, 0.4) is 0 Å². The number of hydrogen-bond donors (Lipinski definition) is 1. The fourth-order valence-corrected chi connectivity index (χ4v) is 2.88. The Kier molecular flexibility index (Phi) is 3.93. The molecule has 0 aliphatic rings. The first kappa shape index (κ1) is 15.3. The Morgan fingerprint density at radius 2 is 1.90 bits per heavy atom. The average molecular weight is 301 g/mol. The SMILES string of the molecule is Cc1cc(Oc2snc(C(C)(C)C)c2C#N)c(C)cc1N. The molecule has 5 heteroatoms. The van der Waals surface area contributed by atoms with Gasteiger partial charge in [-0.25, -0.2) is 0 Å². The summed E-state index contributed by atoms with van der Waals surface area (Å²) in [5, 5.41) is 9.95. The third-order valence-electron chi connectivity index (χ3n) is 3.25. The van der Waals surface area contributed by atoms with E-state index in [0.29, 0.717) is 16.4 Å². The second kappa shape index (κ2) is 5.38. The quantitative estimate of drug-likeness (QED) is 0.839. The van der Waals surface area contributed by atoms with Crippen molar-refractivity contribution in [3.05, 3.63) is 34.5 Å². The third-order valence-corrected chi connectivity index (χ3v) is 3.98. The van der Waals surface area contributed by atoms with Crippen LogP contribution in [0.4, 0.5) is 5.69 Å². The van der Waals surface area contributed by atoms with Crippen LogP contribution >= 0.6 is 11.5 Å². The molecular weight excluding hydrogens is 282 g/mol. The Morgan fingerprint density at radius 3 is 2.48 bits per heavy atom. The maximum absolute atomic E-state index is 9.41. The van der Waals surface area contributed by atoms with Crippen molar-refractivity contribution in [2.45, 2.75) is 40.0 Å². The number of hydrogen-bond acceptors (Lipinski definition) is 5. The first-order valence-corrected chi connectivity index (χ1v) is 7.46. The Labute approximate surface area is 129 Å². The van der Waals surface area contributed by atoms with Crippen LogP contribution in [0.2, 0.25) is 0 Å². The molecule has 0 unspecified atom stereocenters. The van der Waals surface area contributed by atoms with Gasteiger partial charge in [-0.15, -0.1) is 0 Å². The van der Waals surface area contributed by atoms with Crippen LogP contribution in [0, 0.1) is 25.2 Å². The predicted molar refractivity (Wildman–Crippen MR) is 85.9 cm³/mol. The minimum Gasteiger partial charge on any atom is -0.443 e. The molecule has 1 aromatic carbocycles. The van der Waals surface area contributed by atoms with Crippen molar-refractivity contribution in [3.8, 4) is 16.9 Å². The molecule has 0 aliphatic heterocycles. The van der Waals surface area contributed by atoms with Gasteiger partial charge in [-0.05, 0) is 37.1 Å². The Morgan fingerprint density at radius 1 is 1.24 bits per heavy atom. The van der Waals surface area contributed by atoms with Gasteiger partial charge in [-0.1, -0.05) is 20.8 Å². The fourth-order valence-electron chi connectivity index (χ4n) is 1.98. The first-order valence-electron chi connectivity index (χ1n) is 6.69. The highest BCUT2D eigenvalue weighted by molar-refractivity contribution is 7.08. The molecule has 0 radical (unpaired) electrons. The molecule has 0 amide bonds. The van der Waals surface area contributed by atoms with E-state index in [9.17, 15) is 5.26 Å². The van der Waals surface area contributed by atoms with Gasteiger partial charge in [0.2, 0.25) is 5.06 Å². The van der Waals surface area contributed by atoms with Crippen LogP contribution in [0.5, 0.6) is 10.8 Å². The molecule has 0 bridgehead atoms. The van der Waals surface area contributed by atoms with E-state index in [1.54, 1.807) is 0 Å². The zero-order valence-electron chi connectivity index (χ0n) is 12.9. The molecule has 2 rings (SSSR count). The molecule has 1 aromatic heterocycles. The van der Waals surface area contributed by atoms with E-state index in [1.165, 1.54) is 11.5 Å². The number of nitriles is 1. The molecule has 2 aromatic rings. The molecule has 110 valence electrons. The number of anilines is 1. The van der Waals surface area contributed by atoms with E-state index in [0.717, 1.165) is 22.5 Å². The van der Waals surface area contributed by atoms with E-state index in [-0.39, 0.29) is 5.41 Å². The zero-order valence-corrected chi connectivity index (χ0v) is 13.8. The highest BCUT2D eigenvalue weighted by atomic mass is 32.1. The summed E-state index contributed by atoms with van der Waals surface area (Å²) < 4.78 is 10.3. The first-order chi connectivity index (χ1) is 9.74. The summed E-state index contributed by atoms with van der Waals surface area (Å²) in [5.41, 5.74) is 9.61. The van der Waals surface area contributed by atoms with Gasteiger partial charge in [-0.2, -0.15) is 9.64 Å². The Bertz CT molecular complexity index is 720. The van der Waals surface area contributed by atoms with Crippen molar-refractivity contribution < 1.29 is 4.74 Å². The third kappa shape index (κ3) is 3.01. The number of ether oxygens (including phenoxy) is 1. The lowest BCUT2D eigenvalue weighted by Gasteiger charge is -2.15. The molecule has 4 nitrogen and oxygen atoms in total. The van der Waals surface area contributed by atoms with Crippen molar-refractivity contribution >= 4 is 17.2 Å². The van der Waals surface area contributed by atoms with Crippen LogP contribution in [-0.2, 0) is 5.41 Å². The van der Waals surface area contributed by atoms with Crippen molar-refractivity contribution in [3.63, 3.8) is 0 Å². The molecule has 0 saturated heterocycles. The summed E-state index contributed by atoms with van der Waals surface area (Å²) in [6.07, 6.45) is 0. The summed E-state index contributed by atoms with van der Waals surface area (Å²) in [5.74, 6) is 0.710. The summed E-state index contributed by atoms with van der Waals surface area (Å²) >= 11 is 1.22. The highest BCUT2D eigenvalue weighted by Gasteiger charge is 2.26. The Hall–Kier alpha value is -2.06. The molecular formula is C16H19N3OS. The van der Waals surface area contributed by atoms with Gasteiger partial charge in [0.15, 0.2) is 0 Å². The summed E-state index contributed by atoms with van der Waals surface area (Å²) in [7, 11) is 0. The molecule has 0 fully saturated rings. The zero-order chi connectivity index (χ0) is 15.8. The molecule has 0 saturated carbocycles. The van der Waals surface area contributed by atoms with Crippen LogP contribution < -0.4 is 10.5 Å². The maximum atomic E-state index is 9.41. The van der Waals surface area contributed by atoms with E-state index in [2.05, 4.69) is 10.4 Å². The van der Waals surface area contributed by atoms with E-state index in [1.807, 2.05) is 46.8 Å². The predicted octanol–water partition coefficient (Wildman–Crippen LogP) is 4.30. The average Bonchev–Trinajstić information content (AvgIpc) is 2.78. The number of nitrogens with zero attached hydrogens (tertiary/aromatic N) is 2. The molecule has 0 spiro atoms. The number of nitrogen functional groups attached to an aromatic ring is 1. The minimum atomic E-state index is -0.185. The monoisotopic (exact) mass is 301 g/mol. The highest BCUT2D eigenvalue weighted by Crippen LogP contribution is 2.38. The van der Waals surface area contributed by atoms with Gasteiger partial charge >= 0.3 is 0 Å². The standard InChI is InChI=1S/C16H19N3OS/c1-9-7-13(10(2)6-12(9)18)20-15-11(8-17)14(19-21-15)16(3,4)5/h6-7H,18H2,1-5H3. The molecule has 0 atom stereocenters. The van der Waals surface area contributed by atoms with Crippen LogP contribution in [-0.4, -0.2) is 4.37 Å². The van der Waals surface area contributed by atoms with Crippen LogP contribution in [0.25, 0.3) is 0 Å². The largest absolute Gasteiger partial charge is 0.443 e. The fraction of sp³-hybridized carbons (Fsp3) is 0.375. The van der Waals surface area contributed by atoms with Crippen LogP contribution in [0.1, 0.15) is 43.2 Å². The topological polar surface area (TPSA) is 71.9 Å². The summed E-state index contributed by atoms with van der Waals surface area (Å²) in [6, 6.07) is 5.98. The molecule has 2 N–H and O–H groups in total. The lowest BCUT2D eigenvalue weighted by atomic mass is 9.90. The van der Waals surface area contributed by atoms with Gasteiger partial charge in [0.25, 0.3) is 0 Å². The van der Waals surface area contributed by atoms with Gasteiger partial charge in [-0.3, -0.25) is 0 Å². The van der Waals surface area contributed by atoms with Crippen molar-refractivity contribution in [2.75, 3.05) is 5.73 Å².